The second-order valence-corrected chi connectivity index (χ2v) is 10.1. The highest BCUT2D eigenvalue weighted by Gasteiger charge is 2.17. The van der Waals surface area contributed by atoms with Gasteiger partial charge in [0.25, 0.3) is 7.82 Å². The molecule has 2 rings (SSSR count). The van der Waals surface area contributed by atoms with Crippen LogP contribution in [0.3, 0.4) is 0 Å². The number of nitrogens with zero attached hydrogens (tertiary/aromatic N) is 1. The maximum atomic E-state index is 12.0. The highest BCUT2D eigenvalue weighted by molar-refractivity contribution is 7.45. The molecule has 0 radical (unpaired) electrons. The van der Waals surface area contributed by atoms with Crippen molar-refractivity contribution in [1.82, 2.24) is 0 Å². The molecule has 0 aliphatic rings. The molecular formula is C24H36NO6P. The van der Waals surface area contributed by atoms with E-state index in [0.717, 1.165) is 37.8 Å². The molecule has 2 aromatic carbocycles. The molecule has 0 saturated carbocycles. The molecule has 0 amide bonds. The minimum atomic E-state index is -4.34. The van der Waals surface area contributed by atoms with Crippen molar-refractivity contribution < 1.29 is 33.2 Å². The fourth-order valence-corrected chi connectivity index (χ4v) is 4.15. The lowest BCUT2D eigenvalue weighted by atomic mass is 10.1. The fourth-order valence-electron chi connectivity index (χ4n) is 3.42. The Morgan fingerprint density at radius 3 is 2.22 bits per heavy atom. The van der Waals surface area contributed by atoms with Crippen LogP contribution in [0.25, 0.3) is 0 Å². The van der Waals surface area contributed by atoms with Crippen molar-refractivity contribution in [3.63, 3.8) is 0 Å². The van der Waals surface area contributed by atoms with E-state index >= 15 is 0 Å². The van der Waals surface area contributed by atoms with Crippen LogP contribution >= 0.6 is 7.82 Å². The number of phosphoric ester groups is 1. The van der Waals surface area contributed by atoms with Crippen LogP contribution in [0.1, 0.15) is 36.8 Å². The van der Waals surface area contributed by atoms with Crippen molar-refractivity contribution in [2.75, 3.05) is 40.4 Å². The van der Waals surface area contributed by atoms with Gasteiger partial charge >= 0.3 is 0 Å². The number of aromatic hydroxyl groups is 2. The topological polar surface area (TPSA) is 99.1 Å². The van der Waals surface area contributed by atoms with Gasteiger partial charge in [-0.15, -0.1) is 0 Å². The number of rotatable bonds is 15. The average molecular weight is 466 g/mol. The third-order valence-corrected chi connectivity index (χ3v) is 6.41. The largest absolute Gasteiger partial charge is 0.756 e. The Balaban J connectivity index is 1.56. The van der Waals surface area contributed by atoms with E-state index in [9.17, 15) is 19.7 Å². The molecule has 0 spiro atoms. The molecule has 2 aromatic rings. The first-order valence-corrected chi connectivity index (χ1v) is 12.6. The van der Waals surface area contributed by atoms with Gasteiger partial charge in [0.05, 0.1) is 27.2 Å². The summed E-state index contributed by atoms with van der Waals surface area (Å²) < 4.78 is 22.6. The monoisotopic (exact) mass is 465 g/mol. The van der Waals surface area contributed by atoms with Crippen molar-refractivity contribution >= 4 is 7.82 Å². The summed E-state index contributed by atoms with van der Waals surface area (Å²) in [6.45, 7) is 1.63. The van der Waals surface area contributed by atoms with E-state index in [1.807, 2.05) is 6.07 Å². The smallest absolute Gasteiger partial charge is 0.268 e. The van der Waals surface area contributed by atoms with Crippen LogP contribution in [0.15, 0.2) is 48.5 Å². The summed E-state index contributed by atoms with van der Waals surface area (Å²) in [4.78, 5) is 12.0. The van der Waals surface area contributed by atoms with E-state index in [0.29, 0.717) is 23.9 Å². The van der Waals surface area contributed by atoms with Crippen molar-refractivity contribution in [3.8, 4) is 11.5 Å². The van der Waals surface area contributed by atoms with Crippen molar-refractivity contribution in [2.45, 2.75) is 38.5 Å². The minimum absolute atomic E-state index is 0.00206. The van der Waals surface area contributed by atoms with Crippen LogP contribution < -0.4 is 4.89 Å². The third-order valence-electron chi connectivity index (χ3n) is 5.42. The molecule has 0 fully saturated rings. The summed E-state index contributed by atoms with van der Waals surface area (Å²) in [5.41, 5.74) is 2.15. The number of quaternary nitrogens is 1. The first-order chi connectivity index (χ1) is 15.2. The molecule has 32 heavy (non-hydrogen) atoms. The normalized spacial score (nSPS) is 13.7. The van der Waals surface area contributed by atoms with Crippen LogP contribution in [0.5, 0.6) is 11.5 Å². The summed E-state index contributed by atoms with van der Waals surface area (Å²) in [6.07, 6.45) is 5.42. The zero-order valence-corrected chi connectivity index (χ0v) is 20.0. The molecule has 178 valence electrons. The standard InChI is InChI=1S/C24H36NO6P/c1-25(2,16-8-4-7-12-21-10-5-3-6-11-21)17-19-31-32(28,29)30-18-9-13-22-14-15-23(26)24(27)20-22/h3,5-6,10-11,14-15,20H,4,7-9,12-13,16-19H2,1-2H3,(H2-,26,27,28,29). The van der Waals surface area contributed by atoms with E-state index in [1.165, 1.54) is 17.7 Å². The lowest BCUT2D eigenvalue weighted by Crippen LogP contribution is -2.43. The quantitative estimate of drug-likeness (QED) is 0.178. The predicted octanol–water partition coefficient (Wildman–Crippen LogP) is 4.02. The summed E-state index contributed by atoms with van der Waals surface area (Å²) in [5.74, 6) is -0.380. The third kappa shape index (κ3) is 10.6. The number of unbranched alkanes of at least 4 members (excludes halogenated alkanes) is 2. The predicted molar refractivity (Wildman–Crippen MR) is 123 cm³/mol. The maximum Gasteiger partial charge on any atom is 0.268 e. The van der Waals surface area contributed by atoms with Crippen molar-refractivity contribution in [3.05, 3.63) is 59.7 Å². The van der Waals surface area contributed by atoms with E-state index in [-0.39, 0.29) is 24.7 Å². The summed E-state index contributed by atoms with van der Waals surface area (Å²) in [6, 6.07) is 15.0. The number of likely N-dealkylation sites (N-methyl/N-ethyl adjacent to an activating group) is 1. The van der Waals surface area contributed by atoms with Crippen LogP contribution in [-0.2, 0) is 26.5 Å². The second kappa shape index (κ2) is 13.0. The molecule has 1 unspecified atom stereocenters. The van der Waals surface area contributed by atoms with Gasteiger partial charge in [0.1, 0.15) is 13.2 Å². The molecule has 0 heterocycles. The maximum absolute atomic E-state index is 12.0. The second-order valence-electron chi connectivity index (χ2n) is 8.72. The van der Waals surface area contributed by atoms with E-state index in [1.54, 1.807) is 6.07 Å². The number of phosphoric acid groups is 1. The Morgan fingerprint density at radius 1 is 0.812 bits per heavy atom. The molecule has 0 aliphatic carbocycles. The van der Waals surface area contributed by atoms with Crippen molar-refractivity contribution in [2.24, 2.45) is 0 Å². The molecule has 0 aromatic heterocycles. The Labute approximate surface area is 191 Å². The Bertz CT molecular complexity index is 859. The van der Waals surface area contributed by atoms with Crippen LogP contribution in [-0.4, -0.2) is 55.1 Å². The van der Waals surface area contributed by atoms with Gasteiger partial charge in [0.2, 0.25) is 0 Å². The number of benzene rings is 2. The van der Waals surface area contributed by atoms with Gasteiger partial charge in [-0.2, -0.15) is 0 Å². The van der Waals surface area contributed by atoms with Gasteiger partial charge in [-0.05, 0) is 61.8 Å². The summed E-state index contributed by atoms with van der Waals surface area (Å²) in [7, 11) is -0.190. The zero-order valence-electron chi connectivity index (χ0n) is 19.1. The molecule has 1 atom stereocenters. The Hall–Kier alpha value is -1.89. The Kier molecular flexibility index (Phi) is 10.7. The first kappa shape index (κ1) is 26.4. The molecule has 2 N–H and O–H groups in total. The summed E-state index contributed by atoms with van der Waals surface area (Å²) >= 11 is 0. The lowest BCUT2D eigenvalue weighted by molar-refractivity contribution is -0.890. The van der Waals surface area contributed by atoms with Gasteiger partial charge in [-0.1, -0.05) is 36.4 Å². The molecule has 0 saturated heterocycles. The van der Waals surface area contributed by atoms with Gasteiger partial charge in [0, 0.05) is 0 Å². The van der Waals surface area contributed by atoms with Gasteiger partial charge in [0.15, 0.2) is 11.5 Å². The minimum Gasteiger partial charge on any atom is -0.756 e. The summed E-state index contributed by atoms with van der Waals surface area (Å²) in [5, 5.41) is 18.8. The highest BCUT2D eigenvalue weighted by atomic mass is 31.2. The van der Waals surface area contributed by atoms with E-state index in [2.05, 4.69) is 38.4 Å². The number of phenolic OH excluding ortho intramolecular Hbond substituents is 2. The van der Waals surface area contributed by atoms with Gasteiger partial charge in [-0.3, -0.25) is 4.57 Å². The van der Waals surface area contributed by atoms with Crippen LogP contribution in [0.4, 0.5) is 0 Å². The highest BCUT2D eigenvalue weighted by Crippen LogP contribution is 2.38. The number of hydrogen-bond acceptors (Lipinski definition) is 6. The zero-order chi connectivity index (χ0) is 23.5. The van der Waals surface area contributed by atoms with E-state index in [4.69, 9.17) is 9.05 Å². The number of aryl methyl sites for hydroxylation is 2. The fraction of sp³-hybridized carbons (Fsp3) is 0.500. The lowest BCUT2D eigenvalue weighted by Gasteiger charge is -2.31. The molecule has 0 bridgehead atoms. The first-order valence-electron chi connectivity index (χ1n) is 11.1. The average Bonchev–Trinajstić information content (AvgIpc) is 2.74. The van der Waals surface area contributed by atoms with Crippen molar-refractivity contribution in [1.29, 1.82) is 0 Å². The number of phenols is 2. The molecule has 7 nitrogen and oxygen atoms in total. The van der Waals surface area contributed by atoms with Gasteiger partial charge < -0.3 is 28.6 Å². The van der Waals surface area contributed by atoms with Crippen LogP contribution in [0.2, 0.25) is 0 Å². The van der Waals surface area contributed by atoms with E-state index < -0.39 is 7.82 Å². The molecule has 8 heteroatoms. The number of hydrogen-bond donors (Lipinski definition) is 2. The van der Waals surface area contributed by atoms with Crippen LogP contribution in [0, 0.1) is 0 Å². The molecule has 0 aliphatic heterocycles. The molecular weight excluding hydrogens is 429 g/mol. The Morgan fingerprint density at radius 2 is 1.50 bits per heavy atom. The van der Waals surface area contributed by atoms with Gasteiger partial charge in [-0.25, -0.2) is 0 Å². The SMILES string of the molecule is C[N+](C)(CCCCCc1ccccc1)CCOP(=O)([O-])OCCCc1ccc(O)c(O)c1.